The van der Waals surface area contributed by atoms with Crippen molar-refractivity contribution in [3.63, 3.8) is 0 Å². The van der Waals surface area contributed by atoms with E-state index in [-0.39, 0.29) is 18.8 Å². The van der Waals surface area contributed by atoms with Gasteiger partial charge in [0.1, 0.15) is 6.04 Å². The Balaban J connectivity index is 0.00000180. The molecule has 0 bridgehead atoms. The molecule has 1 aromatic heterocycles. The molecule has 1 atom stereocenters. The second-order valence-electron chi connectivity index (χ2n) is 3.93. The molecule has 1 aromatic carbocycles. The highest BCUT2D eigenvalue weighted by atomic mass is 35.5. The van der Waals surface area contributed by atoms with Gasteiger partial charge in [0.15, 0.2) is 5.82 Å². The van der Waals surface area contributed by atoms with Crippen molar-refractivity contribution in [2.24, 2.45) is 5.73 Å². The summed E-state index contributed by atoms with van der Waals surface area (Å²) in [7, 11) is 0. The van der Waals surface area contributed by atoms with E-state index in [4.69, 9.17) is 10.8 Å². The Bertz CT molecular complexity index is 531. The predicted molar refractivity (Wildman–Crippen MR) is 74.0 cm³/mol. The smallest absolute Gasteiger partial charge is 0.320 e. The zero-order valence-electron chi connectivity index (χ0n) is 10.1. The molecular weight excluding hydrogens is 266 g/mol. The lowest BCUT2D eigenvalue weighted by Gasteiger charge is -2.06. The van der Waals surface area contributed by atoms with Gasteiger partial charge in [-0.15, -0.1) is 12.4 Å². The lowest BCUT2D eigenvalue weighted by Crippen LogP contribution is -2.32. The molecule has 0 saturated carbocycles. The lowest BCUT2D eigenvalue weighted by molar-refractivity contribution is -0.138. The van der Waals surface area contributed by atoms with Crippen LogP contribution in [-0.2, 0) is 11.2 Å². The van der Waals surface area contributed by atoms with Gasteiger partial charge in [-0.05, 0) is 5.56 Å². The fourth-order valence-electron chi connectivity index (χ4n) is 1.54. The number of halogens is 1. The summed E-state index contributed by atoms with van der Waals surface area (Å²) in [6.45, 7) is 0. The number of rotatable bonds is 4. The predicted octanol–water partition coefficient (Wildman–Crippen LogP) is 1.52. The highest BCUT2D eigenvalue weighted by Crippen LogP contribution is 2.13. The second-order valence-corrected chi connectivity index (χ2v) is 3.93. The number of carboxylic acids is 1. The van der Waals surface area contributed by atoms with Gasteiger partial charge in [0, 0.05) is 24.4 Å². The van der Waals surface area contributed by atoms with E-state index in [1.165, 1.54) is 0 Å². The summed E-state index contributed by atoms with van der Waals surface area (Å²) < 4.78 is 0. The Labute approximate surface area is 116 Å². The van der Waals surface area contributed by atoms with E-state index >= 15 is 0 Å². The van der Waals surface area contributed by atoms with Crippen LogP contribution in [0.5, 0.6) is 0 Å². The van der Waals surface area contributed by atoms with Crippen molar-refractivity contribution in [3.8, 4) is 11.4 Å². The molecule has 5 nitrogen and oxygen atoms in total. The van der Waals surface area contributed by atoms with Crippen LogP contribution in [0.15, 0.2) is 42.7 Å². The van der Waals surface area contributed by atoms with Crippen molar-refractivity contribution in [1.29, 1.82) is 0 Å². The molecule has 3 N–H and O–H groups in total. The number of hydrogen-bond donors (Lipinski definition) is 2. The molecule has 0 radical (unpaired) electrons. The molecule has 19 heavy (non-hydrogen) atoms. The van der Waals surface area contributed by atoms with Crippen LogP contribution in [-0.4, -0.2) is 27.1 Å². The quantitative estimate of drug-likeness (QED) is 0.886. The molecule has 0 saturated heterocycles. The van der Waals surface area contributed by atoms with Crippen molar-refractivity contribution in [3.05, 3.63) is 48.3 Å². The first-order valence-electron chi connectivity index (χ1n) is 5.51. The maximum Gasteiger partial charge on any atom is 0.320 e. The Morgan fingerprint density at radius 3 is 2.32 bits per heavy atom. The number of benzene rings is 1. The van der Waals surface area contributed by atoms with Gasteiger partial charge >= 0.3 is 5.97 Å². The van der Waals surface area contributed by atoms with Crippen LogP contribution < -0.4 is 5.73 Å². The molecule has 0 aliphatic heterocycles. The van der Waals surface area contributed by atoms with Crippen LogP contribution in [0, 0.1) is 0 Å². The third-order valence-corrected chi connectivity index (χ3v) is 2.51. The van der Waals surface area contributed by atoms with Gasteiger partial charge in [0.2, 0.25) is 0 Å². The fraction of sp³-hybridized carbons (Fsp3) is 0.154. The van der Waals surface area contributed by atoms with Gasteiger partial charge in [-0.1, -0.05) is 30.3 Å². The van der Waals surface area contributed by atoms with Crippen molar-refractivity contribution in [2.45, 2.75) is 12.5 Å². The third kappa shape index (κ3) is 4.01. The van der Waals surface area contributed by atoms with Gasteiger partial charge in [0.05, 0.1) is 0 Å². The third-order valence-electron chi connectivity index (χ3n) is 2.51. The molecule has 0 aliphatic carbocycles. The number of hydrogen-bond acceptors (Lipinski definition) is 4. The number of aliphatic carboxylic acids is 1. The fourth-order valence-corrected chi connectivity index (χ4v) is 1.54. The maximum atomic E-state index is 10.6. The minimum Gasteiger partial charge on any atom is -0.480 e. The Morgan fingerprint density at radius 2 is 1.79 bits per heavy atom. The molecule has 0 aliphatic rings. The van der Waals surface area contributed by atoms with E-state index in [1.54, 1.807) is 12.4 Å². The summed E-state index contributed by atoms with van der Waals surface area (Å²) in [5.74, 6) is -0.412. The van der Waals surface area contributed by atoms with Gasteiger partial charge in [-0.3, -0.25) is 4.79 Å². The van der Waals surface area contributed by atoms with Gasteiger partial charge in [0.25, 0.3) is 0 Å². The molecule has 0 fully saturated rings. The summed E-state index contributed by atoms with van der Waals surface area (Å²) in [6, 6.07) is 8.65. The minimum atomic E-state index is -1.03. The zero-order chi connectivity index (χ0) is 13.0. The van der Waals surface area contributed by atoms with E-state index in [2.05, 4.69) is 9.97 Å². The average Bonchev–Trinajstić information content (AvgIpc) is 2.40. The first-order chi connectivity index (χ1) is 8.66. The molecule has 6 heteroatoms. The molecular formula is C13H14ClN3O2. The van der Waals surface area contributed by atoms with Crippen molar-refractivity contribution in [1.82, 2.24) is 9.97 Å². The van der Waals surface area contributed by atoms with Gasteiger partial charge < -0.3 is 10.8 Å². The number of carbonyl (C=O) groups is 1. The topological polar surface area (TPSA) is 89.1 Å². The van der Waals surface area contributed by atoms with E-state index in [0.29, 0.717) is 11.4 Å². The standard InChI is InChI=1S/C13H13N3O2.ClH/c14-11(13(17)18)6-9-7-15-12(16-8-9)10-4-2-1-3-5-10;/h1-5,7-8,11H,6,14H2,(H,17,18);1H/t11-;/m0./s1. The molecule has 0 spiro atoms. The molecule has 0 unspecified atom stereocenters. The summed E-state index contributed by atoms with van der Waals surface area (Å²) in [5, 5.41) is 8.71. The molecule has 1 heterocycles. The van der Waals surface area contributed by atoms with Crippen LogP contribution in [0.4, 0.5) is 0 Å². The Morgan fingerprint density at radius 1 is 1.21 bits per heavy atom. The number of carboxylic acid groups (broad SMARTS) is 1. The Hall–Kier alpha value is -1.98. The Kier molecular flexibility index (Phi) is 5.41. The summed E-state index contributed by atoms with van der Waals surface area (Å²) in [6.07, 6.45) is 3.45. The number of aromatic nitrogens is 2. The van der Waals surface area contributed by atoms with Crippen molar-refractivity contribution in [2.75, 3.05) is 0 Å². The van der Waals surface area contributed by atoms with Crippen molar-refractivity contribution < 1.29 is 9.90 Å². The van der Waals surface area contributed by atoms with Crippen LogP contribution in [0.1, 0.15) is 5.56 Å². The minimum absolute atomic E-state index is 0. The average molecular weight is 280 g/mol. The van der Waals surface area contributed by atoms with E-state index in [0.717, 1.165) is 5.56 Å². The number of nitrogens with two attached hydrogens (primary N) is 1. The largest absolute Gasteiger partial charge is 0.480 e. The second kappa shape index (κ2) is 6.82. The maximum absolute atomic E-state index is 10.6. The van der Waals surface area contributed by atoms with E-state index in [9.17, 15) is 4.79 Å². The van der Waals surface area contributed by atoms with Gasteiger partial charge in [-0.2, -0.15) is 0 Å². The molecule has 0 amide bonds. The van der Waals surface area contributed by atoms with Crippen LogP contribution in [0.2, 0.25) is 0 Å². The first-order valence-corrected chi connectivity index (χ1v) is 5.51. The first kappa shape index (κ1) is 15.1. The van der Waals surface area contributed by atoms with Gasteiger partial charge in [-0.25, -0.2) is 9.97 Å². The zero-order valence-corrected chi connectivity index (χ0v) is 10.9. The SMILES string of the molecule is Cl.N[C@@H](Cc1cnc(-c2ccccc2)nc1)C(=O)O. The van der Waals surface area contributed by atoms with Crippen LogP contribution in [0.25, 0.3) is 11.4 Å². The van der Waals surface area contributed by atoms with Crippen LogP contribution in [0.3, 0.4) is 0 Å². The monoisotopic (exact) mass is 279 g/mol. The van der Waals surface area contributed by atoms with E-state index in [1.807, 2.05) is 30.3 Å². The summed E-state index contributed by atoms with van der Waals surface area (Å²) in [5.41, 5.74) is 7.08. The summed E-state index contributed by atoms with van der Waals surface area (Å²) in [4.78, 5) is 19.0. The van der Waals surface area contributed by atoms with Crippen molar-refractivity contribution >= 4 is 18.4 Å². The summed E-state index contributed by atoms with van der Waals surface area (Å²) >= 11 is 0. The van der Waals surface area contributed by atoms with Crippen LogP contribution >= 0.6 is 12.4 Å². The molecule has 100 valence electrons. The molecule has 2 rings (SSSR count). The molecule has 2 aromatic rings. The highest BCUT2D eigenvalue weighted by molar-refractivity contribution is 5.85. The van der Waals surface area contributed by atoms with E-state index < -0.39 is 12.0 Å². The normalized spacial score (nSPS) is 11.4. The highest BCUT2D eigenvalue weighted by Gasteiger charge is 2.12. The lowest BCUT2D eigenvalue weighted by atomic mass is 10.1. The number of nitrogens with zero attached hydrogens (tertiary/aromatic N) is 2.